The average Bonchev–Trinajstić information content (AvgIpc) is 4.15. The van der Waals surface area contributed by atoms with Gasteiger partial charge in [-0.25, -0.2) is 9.97 Å². The fraction of sp³-hybridized carbons (Fsp3) is 0.429. The monoisotopic (exact) mass is 982 g/mol. The number of pyridine rings is 1. The average molecular weight is 984 g/mol. The second-order valence-electron chi connectivity index (χ2n) is 19.4. The first-order valence-corrected chi connectivity index (χ1v) is 23.4. The van der Waals surface area contributed by atoms with Crippen LogP contribution in [0.3, 0.4) is 0 Å². The van der Waals surface area contributed by atoms with Crippen molar-refractivity contribution in [3.05, 3.63) is 104 Å². The highest BCUT2D eigenvalue weighted by molar-refractivity contribution is 7.20. The molecule has 0 radical (unpaired) electrons. The lowest BCUT2D eigenvalue weighted by atomic mass is 9.71. The van der Waals surface area contributed by atoms with E-state index in [9.17, 15) is 27.6 Å². The number of nitrogens with zero attached hydrogens (tertiary/aromatic N) is 2. The van der Waals surface area contributed by atoms with Gasteiger partial charge in [0, 0.05) is 11.2 Å². The van der Waals surface area contributed by atoms with Gasteiger partial charge in [-0.2, -0.15) is 13.2 Å². The lowest BCUT2D eigenvalue weighted by Gasteiger charge is -2.45. The number of benzene rings is 3. The van der Waals surface area contributed by atoms with E-state index >= 15 is 4.79 Å². The van der Waals surface area contributed by atoms with Gasteiger partial charge in [-0.05, 0) is 157 Å². The number of thiazole rings is 1. The van der Waals surface area contributed by atoms with Gasteiger partial charge in [0.15, 0.2) is 23.1 Å². The highest BCUT2D eigenvalue weighted by atomic mass is 35.5. The van der Waals surface area contributed by atoms with Crippen molar-refractivity contribution in [1.29, 1.82) is 0 Å². The first-order valence-electron chi connectivity index (χ1n) is 21.5. The summed E-state index contributed by atoms with van der Waals surface area (Å²) in [5.41, 5.74) is -4.05. The van der Waals surface area contributed by atoms with E-state index in [2.05, 4.69) is 9.97 Å². The van der Waals surface area contributed by atoms with Gasteiger partial charge in [0.2, 0.25) is 5.88 Å². The molecule has 4 unspecified atom stereocenters. The van der Waals surface area contributed by atoms with Gasteiger partial charge in [0.1, 0.15) is 56.8 Å². The molecule has 0 N–H and O–H groups in total. The summed E-state index contributed by atoms with van der Waals surface area (Å²) in [4.78, 5) is 66.2. The Kier molecular flexibility index (Phi) is 11.4. The molecule has 346 valence electrons. The van der Waals surface area contributed by atoms with Crippen LogP contribution in [0.2, 0.25) is 15.1 Å². The van der Waals surface area contributed by atoms with Crippen LogP contribution in [-0.2, 0) is 34.8 Å². The number of fused-ring (bicyclic) bond motifs is 1. The number of ketones is 4. The Hall–Kier alpha value is -4.44. The topological polar surface area (TPSA) is 131 Å². The quantitative estimate of drug-likeness (QED) is 0.125. The lowest BCUT2D eigenvalue weighted by molar-refractivity contribution is -0.190. The Morgan fingerprint density at radius 2 is 1.29 bits per heavy atom. The third kappa shape index (κ3) is 8.55. The SMILES string of the molecule is CC1(C)OC(C)(CC2CC2c2ccc(Oc3ncc(Cl)cc3C(F)(F)F)cc2C2C(=O)C(C)(C)OC(C)(C)C2=O)C(=O)C(c2cc(Oc3nc4c(Cl)cc(Cl)cc4s3)ccc2C2CC2)C1=O. The van der Waals surface area contributed by atoms with E-state index in [-0.39, 0.29) is 46.3 Å². The van der Waals surface area contributed by atoms with E-state index in [1.807, 2.05) is 6.07 Å². The molecule has 4 atom stereocenters. The summed E-state index contributed by atoms with van der Waals surface area (Å²) in [6.45, 7) is 11.3. The summed E-state index contributed by atoms with van der Waals surface area (Å²) in [6.07, 6.45) is -1.33. The zero-order valence-corrected chi connectivity index (χ0v) is 39.9. The van der Waals surface area contributed by atoms with Crippen molar-refractivity contribution >= 4 is 79.5 Å². The maximum atomic E-state index is 15.0. The second kappa shape index (κ2) is 16.1. The molecule has 4 aliphatic rings. The molecule has 0 spiro atoms. The molecule has 66 heavy (non-hydrogen) atoms. The zero-order chi connectivity index (χ0) is 47.6. The van der Waals surface area contributed by atoms with Gasteiger partial charge in [0.25, 0.3) is 5.19 Å². The lowest BCUT2D eigenvalue weighted by Crippen LogP contribution is -2.59. The van der Waals surface area contributed by atoms with Crippen LogP contribution in [0.5, 0.6) is 22.6 Å². The molecule has 9 rings (SSSR count). The molecule has 2 saturated heterocycles. The molecule has 4 fully saturated rings. The number of carbonyl (C=O) groups is 4. The summed E-state index contributed by atoms with van der Waals surface area (Å²) in [5, 5.41) is 0.891. The van der Waals surface area contributed by atoms with Crippen molar-refractivity contribution < 1.29 is 51.3 Å². The number of hydrogen-bond donors (Lipinski definition) is 0. The van der Waals surface area contributed by atoms with E-state index in [0.717, 1.165) is 29.3 Å². The van der Waals surface area contributed by atoms with Crippen LogP contribution < -0.4 is 9.47 Å². The summed E-state index contributed by atoms with van der Waals surface area (Å²) in [5.74, 6) is -5.25. The summed E-state index contributed by atoms with van der Waals surface area (Å²) < 4.78 is 67.5. The highest BCUT2D eigenvalue weighted by Gasteiger charge is 2.59. The van der Waals surface area contributed by atoms with Crippen LogP contribution in [0, 0.1) is 5.92 Å². The van der Waals surface area contributed by atoms with Crippen LogP contribution in [0.25, 0.3) is 10.2 Å². The van der Waals surface area contributed by atoms with Crippen molar-refractivity contribution in [2.24, 2.45) is 5.92 Å². The summed E-state index contributed by atoms with van der Waals surface area (Å²) in [6, 6.07) is 14.0. The Bertz CT molecular complexity index is 2870. The Morgan fingerprint density at radius 3 is 1.91 bits per heavy atom. The molecule has 0 amide bonds. The van der Waals surface area contributed by atoms with Gasteiger partial charge >= 0.3 is 6.18 Å². The predicted octanol–water partition coefficient (Wildman–Crippen LogP) is 12.9. The molecule has 3 aromatic carbocycles. The fourth-order valence-corrected chi connectivity index (χ4v) is 11.5. The molecule has 10 nitrogen and oxygen atoms in total. The van der Waals surface area contributed by atoms with Crippen molar-refractivity contribution in [3.8, 4) is 22.6 Å². The van der Waals surface area contributed by atoms with Gasteiger partial charge in [0.05, 0.1) is 14.7 Å². The maximum Gasteiger partial charge on any atom is 0.421 e. The minimum absolute atomic E-state index is 0.0937. The molecule has 17 heteroatoms. The molecule has 4 heterocycles. The number of carbonyl (C=O) groups excluding carboxylic acids is 4. The van der Waals surface area contributed by atoms with Crippen molar-refractivity contribution in [3.63, 3.8) is 0 Å². The Labute approximate surface area is 397 Å². The number of halogens is 6. The zero-order valence-electron chi connectivity index (χ0n) is 36.8. The Morgan fingerprint density at radius 1 is 0.712 bits per heavy atom. The molecular weight excluding hydrogens is 940 g/mol. The maximum absolute atomic E-state index is 15.0. The smallest absolute Gasteiger partial charge is 0.421 e. The molecular formula is C49H44Cl3F3N2O8S. The van der Waals surface area contributed by atoms with Crippen LogP contribution in [0.1, 0.15) is 126 Å². The third-order valence-electron chi connectivity index (χ3n) is 13.0. The van der Waals surface area contributed by atoms with Crippen LogP contribution in [0.15, 0.2) is 60.8 Å². The van der Waals surface area contributed by atoms with Crippen LogP contribution in [0.4, 0.5) is 13.2 Å². The van der Waals surface area contributed by atoms with Crippen molar-refractivity contribution in [2.45, 2.75) is 126 Å². The molecule has 2 aromatic heterocycles. The normalized spacial score (nSPS) is 25.1. The minimum atomic E-state index is -4.86. The third-order valence-corrected chi connectivity index (χ3v) is 14.6. The first-order chi connectivity index (χ1) is 30.8. The predicted molar refractivity (Wildman–Crippen MR) is 243 cm³/mol. The standard InChI is InChI=1S/C49H44Cl3F3N2O8S/c1-45(2)39(58)36(40(59)46(3,4)64-45)32-18-26(62-43-33(49(53,54)55)15-25(51)21-56-43)11-13-29(32)30-14-23(30)20-48(7)42(61)37(41(60)47(5,6)65-48)31-19-27(10-12-28(31)22-8-9-22)63-44-57-38-34(52)16-24(50)17-35(38)66-44/h10-13,15-19,21-23,30,36-37H,8-9,14,20H2,1-7H3. The molecule has 5 aromatic rings. The highest BCUT2D eigenvalue weighted by Crippen LogP contribution is 2.57. The number of alkyl halides is 3. The molecule has 2 aliphatic heterocycles. The summed E-state index contributed by atoms with van der Waals surface area (Å²) >= 11 is 19.8. The second-order valence-corrected chi connectivity index (χ2v) is 21.6. The largest absolute Gasteiger partial charge is 0.438 e. The van der Waals surface area contributed by atoms with E-state index in [0.29, 0.717) is 50.1 Å². The van der Waals surface area contributed by atoms with E-state index in [1.54, 1.807) is 78.8 Å². The number of ether oxygens (including phenoxy) is 4. The van der Waals surface area contributed by atoms with E-state index < -0.39 is 69.2 Å². The molecule has 2 saturated carbocycles. The van der Waals surface area contributed by atoms with Gasteiger partial charge in [-0.15, -0.1) is 0 Å². The van der Waals surface area contributed by atoms with Crippen molar-refractivity contribution in [1.82, 2.24) is 9.97 Å². The van der Waals surface area contributed by atoms with Crippen molar-refractivity contribution in [2.75, 3.05) is 0 Å². The Balaban J connectivity index is 1.05. The number of rotatable bonds is 10. The van der Waals surface area contributed by atoms with Gasteiger partial charge in [-0.3, -0.25) is 19.2 Å². The fourth-order valence-electron chi connectivity index (χ4n) is 9.79. The number of Topliss-reactive ketones (excluding diaryl/α,β-unsaturated/α-hetero) is 4. The van der Waals surface area contributed by atoms with E-state index in [1.165, 1.54) is 23.5 Å². The number of hydrogen-bond acceptors (Lipinski definition) is 11. The molecule has 0 bridgehead atoms. The van der Waals surface area contributed by atoms with E-state index in [4.69, 9.17) is 53.8 Å². The van der Waals surface area contributed by atoms with Gasteiger partial charge < -0.3 is 18.9 Å². The van der Waals surface area contributed by atoms with Crippen LogP contribution >= 0.6 is 46.1 Å². The number of aromatic nitrogens is 2. The minimum Gasteiger partial charge on any atom is -0.438 e. The first kappa shape index (κ1) is 46.7. The summed E-state index contributed by atoms with van der Waals surface area (Å²) in [7, 11) is 0. The molecule has 2 aliphatic carbocycles. The van der Waals surface area contributed by atoms with Crippen LogP contribution in [-0.4, -0.2) is 55.5 Å². The van der Waals surface area contributed by atoms with Gasteiger partial charge in [-0.1, -0.05) is 58.3 Å².